The number of H-pyrrole nitrogens is 1. The summed E-state index contributed by atoms with van der Waals surface area (Å²) >= 11 is 0. The minimum absolute atomic E-state index is 0. The Labute approximate surface area is 144 Å². The number of carboxylic acid groups (broad SMARTS) is 1. The van der Waals surface area contributed by atoms with Gasteiger partial charge in [-0.2, -0.15) is 0 Å². The van der Waals surface area contributed by atoms with Crippen LogP contribution in [0.1, 0.15) is 10.5 Å². The van der Waals surface area contributed by atoms with E-state index in [9.17, 15) is 14.7 Å². The molecule has 0 atom stereocenters. The summed E-state index contributed by atoms with van der Waals surface area (Å²) in [5.74, 6) is -1.38. The van der Waals surface area contributed by atoms with Crippen molar-refractivity contribution in [3.05, 3.63) is 46.2 Å². The largest absolute Gasteiger partial charge is 1.00 e. The Kier molecular flexibility index (Phi) is 4.63. The second-order valence-corrected chi connectivity index (χ2v) is 2.88. The molecule has 70 valence electrons. The van der Waals surface area contributed by atoms with Crippen LogP contribution in [0.2, 0.25) is 0 Å². The molecule has 0 radical (unpaired) electrons. The fourth-order valence-corrected chi connectivity index (χ4v) is 1.31. The summed E-state index contributed by atoms with van der Waals surface area (Å²) in [4.78, 5) is 24.5. The molecule has 0 spiro atoms. The predicted octanol–water partition coefficient (Wildman–Crippen LogP) is -3.10. The maximum Gasteiger partial charge on any atom is 1.00 e. The van der Waals surface area contributed by atoms with Crippen molar-refractivity contribution in [2.45, 2.75) is 0 Å². The van der Waals surface area contributed by atoms with Gasteiger partial charge < -0.3 is 14.9 Å². The standard InChI is InChI=1S/C10H7NO3.Cs/c12-9-5-8(10(13)14)11-7-4-2-1-3-6(7)9;/h1-5H,(H,11,12)(H,13,14);/q;+1/p-1. The summed E-state index contributed by atoms with van der Waals surface area (Å²) in [6, 6.07) is 7.74. The normalized spacial score (nSPS) is 9.60. The molecule has 2 rings (SSSR count). The molecule has 0 amide bonds. The van der Waals surface area contributed by atoms with Gasteiger partial charge in [-0.15, -0.1) is 0 Å². The molecular weight excluding hydrogens is 315 g/mol. The molecule has 1 aromatic heterocycles. The zero-order valence-electron chi connectivity index (χ0n) is 8.11. The molecule has 0 aliphatic carbocycles. The van der Waals surface area contributed by atoms with Crippen LogP contribution in [0.25, 0.3) is 10.9 Å². The van der Waals surface area contributed by atoms with Gasteiger partial charge in [-0.3, -0.25) is 4.79 Å². The van der Waals surface area contributed by atoms with E-state index in [1.54, 1.807) is 24.3 Å². The molecule has 0 aliphatic heterocycles. The van der Waals surface area contributed by atoms with Crippen LogP contribution in [0.15, 0.2) is 35.1 Å². The van der Waals surface area contributed by atoms with Gasteiger partial charge in [0.25, 0.3) is 0 Å². The van der Waals surface area contributed by atoms with E-state index in [2.05, 4.69) is 4.98 Å². The first-order valence-electron chi connectivity index (χ1n) is 4.02. The molecule has 1 aromatic carbocycles. The van der Waals surface area contributed by atoms with E-state index in [0.717, 1.165) is 6.07 Å². The Bertz CT molecular complexity index is 562. The molecule has 0 saturated carbocycles. The van der Waals surface area contributed by atoms with E-state index in [-0.39, 0.29) is 80.0 Å². The topological polar surface area (TPSA) is 73.0 Å². The van der Waals surface area contributed by atoms with Crippen LogP contribution in [0.5, 0.6) is 0 Å². The van der Waals surface area contributed by atoms with Gasteiger partial charge in [-0.05, 0) is 12.1 Å². The van der Waals surface area contributed by atoms with Crippen molar-refractivity contribution in [2.24, 2.45) is 0 Å². The molecule has 15 heavy (non-hydrogen) atoms. The van der Waals surface area contributed by atoms with Gasteiger partial charge in [0.2, 0.25) is 0 Å². The van der Waals surface area contributed by atoms with Gasteiger partial charge in [0.05, 0.1) is 11.7 Å². The number of nitrogens with one attached hydrogen (secondary N) is 1. The Morgan fingerprint density at radius 2 is 1.93 bits per heavy atom. The van der Waals surface area contributed by atoms with E-state index >= 15 is 0 Å². The maximum absolute atomic E-state index is 11.4. The van der Waals surface area contributed by atoms with Gasteiger partial charge >= 0.3 is 68.9 Å². The van der Waals surface area contributed by atoms with Crippen molar-refractivity contribution < 1.29 is 78.8 Å². The summed E-state index contributed by atoms with van der Waals surface area (Å²) in [7, 11) is 0. The summed E-state index contributed by atoms with van der Waals surface area (Å²) < 4.78 is 0. The van der Waals surface area contributed by atoms with Crippen LogP contribution in [0.3, 0.4) is 0 Å². The number of aromatic amines is 1. The number of benzene rings is 1. The molecule has 1 N–H and O–H groups in total. The number of rotatable bonds is 1. The van der Waals surface area contributed by atoms with Crippen molar-refractivity contribution in [2.75, 3.05) is 0 Å². The second kappa shape index (κ2) is 5.33. The maximum atomic E-state index is 11.4. The van der Waals surface area contributed by atoms with E-state index in [0.29, 0.717) is 10.9 Å². The van der Waals surface area contributed by atoms with Crippen molar-refractivity contribution in [3.8, 4) is 0 Å². The summed E-state index contributed by atoms with van der Waals surface area (Å²) in [5, 5.41) is 11.0. The number of carbonyl (C=O) groups excluding carboxylic acids is 1. The fraction of sp³-hybridized carbons (Fsp3) is 0. The molecule has 0 bridgehead atoms. The quantitative estimate of drug-likeness (QED) is 0.605. The van der Waals surface area contributed by atoms with E-state index in [4.69, 9.17) is 0 Å². The average Bonchev–Trinajstić information content (AvgIpc) is 2.17. The molecule has 5 heteroatoms. The summed E-state index contributed by atoms with van der Waals surface area (Å²) in [6.07, 6.45) is 0. The zero-order valence-corrected chi connectivity index (χ0v) is 14.4. The minimum atomic E-state index is -1.38. The smallest absolute Gasteiger partial charge is 0.543 e. The van der Waals surface area contributed by atoms with Crippen LogP contribution >= 0.6 is 0 Å². The predicted molar refractivity (Wildman–Crippen MR) is 48.9 cm³/mol. The van der Waals surface area contributed by atoms with Crippen LogP contribution in [-0.4, -0.2) is 11.0 Å². The van der Waals surface area contributed by atoms with Gasteiger partial charge in [0.15, 0.2) is 5.43 Å². The Hall–Kier alpha value is -0.0481. The van der Waals surface area contributed by atoms with Crippen LogP contribution < -0.4 is 79.4 Å². The summed E-state index contributed by atoms with van der Waals surface area (Å²) in [5.41, 5.74) is -0.0218. The van der Waals surface area contributed by atoms with Crippen molar-refractivity contribution in [1.29, 1.82) is 0 Å². The third kappa shape index (κ3) is 2.74. The Morgan fingerprint density at radius 3 is 2.60 bits per heavy atom. The van der Waals surface area contributed by atoms with Crippen LogP contribution in [0.4, 0.5) is 0 Å². The first-order valence-corrected chi connectivity index (χ1v) is 4.02. The van der Waals surface area contributed by atoms with Gasteiger partial charge in [-0.25, -0.2) is 0 Å². The number of aromatic carboxylic acids is 1. The number of hydrogen-bond acceptors (Lipinski definition) is 3. The number of hydrogen-bond donors (Lipinski definition) is 1. The van der Waals surface area contributed by atoms with E-state index in [1.807, 2.05) is 0 Å². The Balaban J connectivity index is 0.00000112. The molecule has 0 fully saturated rings. The van der Waals surface area contributed by atoms with E-state index < -0.39 is 5.97 Å². The monoisotopic (exact) mass is 321 g/mol. The molecule has 2 aromatic rings. The van der Waals surface area contributed by atoms with Crippen molar-refractivity contribution in [1.82, 2.24) is 4.98 Å². The molecule has 0 saturated heterocycles. The summed E-state index contributed by atoms with van der Waals surface area (Å²) in [6.45, 7) is 0. The molecule has 0 unspecified atom stereocenters. The number of carbonyl (C=O) groups is 1. The number of aromatic nitrogens is 1. The first-order chi connectivity index (χ1) is 6.68. The fourth-order valence-electron chi connectivity index (χ4n) is 1.31. The SMILES string of the molecule is O=C([O-])c1cc(=O)c2ccccc2[nH]1.[Cs+]. The molecular formula is C10H6CsNO3. The third-order valence-electron chi connectivity index (χ3n) is 1.96. The van der Waals surface area contributed by atoms with Crippen LogP contribution in [-0.2, 0) is 0 Å². The van der Waals surface area contributed by atoms with Crippen LogP contribution in [0, 0.1) is 0 Å². The molecule has 1 heterocycles. The van der Waals surface area contributed by atoms with Crippen molar-refractivity contribution >= 4 is 16.9 Å². The third-order valence-corrected chi connectivity index (χ3v) is 1.96. The average molecular weight is 321 g/mol. The minimum Gasteiger partial charge on any atom is -0.543 e. The van der Waals surface area contributed by atoms with Gasteiger partial charge in [0, 0.05) is 17.0 Å². The van der Waals surface area contributed by atoms with Crippen molar-refractivity contribution in [3.63, 3.8) is 0 Å². The Morgan fingerprint density at radius 1 is 1.27 bits per heavy atom. The number of fused-ring (bicyclic) bond motifs is 1. The van der Waals surface area contributed by atoms with Gasteiger partial charge in [-0.1, -0.05) is 12.1 Å². The van der Waals surface area contributed by atoms with E-state index in [1.165, 1.54) is 0 Å². The number of pyridine rings is 1. The molecule has 4 nitrogen and oxygen atoms in total. The molecule has 0 aliphatic rings. The number of para-hydroxylation sites is 1. The zero-order chi connectivity index (χ0) is 10.1. The first kappa shape index (κ1) is 13.0. The van der Waals surface area contributed by atoms with Gasteiger partial charge in [0.1, 0.15) is 0 Å². The number of carboxylic acids is 1. The second-order valence-electron chi connectivity index (χ2n) is 2.88.